The lowest BCUT2D eigenvalue weighted by atomic mass is 10.2. The summed E-state index contributed by atoms with van der Waals surface area (Å²) in [7, 11) is 0. The van der Waals surface area contributed by atoms with Crippen LogP contribution in [0, 0.1) is 6.92 Å². The van der Waals surface area contributed by atoms with Crippen molar-refractivity contribution in [2.45, 2.75) is 39.7 Å². The zero-order chi connectivity index (χ0) is 14.4. The van der Waals surface area contributed by atoms with Gasteiger partial charge in [0.2, 0.25) is 11.8 Å². The average molecular weight is 291 g/mol. The number of aryl methyl sites for hydroxylation is 1. The average Bonchev–Trinajstić information content (AvgIpc) is 2.88. The Bertz CT molecular complexity index is 528. The standard InChI is InChI=1S/C15H21N3OS/c1-4-7-19-14-10-12(3)17-15(18-14)16-11(2)9-13-6-5-8-20-13/h5-6,8,10-11H,4,7,9H2,1-3H3,(H,16,17,18). The lowest BCUT2D eigenvalue weighted by Gasteiger charge is -2.14. The maximum absolute atomic E-state index is 5.58. The lowest BCUT2D eigenvalue weighted by molar-refractivity contribution is 0.305. The van der Waals surface area contributed by atoms with Crippen molar-refractivity contribution in [3.8, 4) is 5.88 Å². The number of hydrogen-bond donors (Lipinski definition) is 1. The summed E-state index contributed by atoms with van der Waals surface area (Å²) < 4.78 is 5.58. The Morgan fingerprint density at radius 3 is 2.95 bits per heavy atom. The summed E-state index contributed by atoms with van der Waals surface area (Å²) >= 11 is 1.77. The van der Waals surface area contributed by atoms with E-state index in [0.717, 1.165) is 18.5 Å². The second-order valence-corrected chi connectivity index (χ2v) is 5.88. The molecule has 2 aromatic heterocycles. The molecule has 4 nitrogen and oxygen atoms in total. The monoisotopic (exact) mass is 291 g/mol. The molecule has 0 amide bonds. The molecule has 0 spiro atoms. The number of nitrogens with zero attached hydrogens (tertiary/aromatic N) is 2. The third-order valence-electron chi connectivity index (χ3n) is 2.75. The molecule has 0 saturated carbocycles. The van der Waals surface area contributed by atoms with Gasteiger partial charge < -0.3 is 10.1 Å². The van der Waals surface area contributed by atoms with E-state index >= 15 is 0 Å². The summed E-state index contributed by atoms with van der Waals surface area (Å²) in [6.07, 6.45) is 1.95. The van der Waals surface area contributed by atoms with Crippen LogP contribution in [-0.2, 0) is 6.42 Å². The van der Waals surface area contributed by atoms with Crippen LogP contribution in [0.5, 0.6) is 5.88 Å². The first kappa shape index (κ1) is 14.8. The molecule has 0 aliphatic heterocycles. The first-order valence-corrected chi connectivity index (χ1v) is 7.82. The minimum absolute atomic E-state index is 0.287. The third kappa shape index (κ3) is 4.49. The molecule has 0 bridgehead atoms. The number of ether oxygens (including phenoxy) is 1. The molecule has 1 unspecified atom stereocenters. The maximum Gasteiger partial charge on any atom is 0.226 e. The SMILES string of the molecule is CCCOc1cc(C)nc(NC(C)Cc2cccs2)n1. The minimum Gasteiger partial charge on any atom is -0.478 e. The van der Waals surface area contributed by atoms with Crippen molar-refractivity contribution in [1.29, 1.82) is 0 Å². The number of hydrogen-bond acceptors (Lipinski definition) is 5. The number of aromatic nitrogens is 2. The van der Waals surface area contributed by atoms with Gasteiger partial charge in [0.1, 0.15) is 0 Å². The van der Waals surface area contributed by atoms with Crippen LogP contribution in [0.15, 0.2) is 23.6 Å². The Kier molecular flexibility index (Phi) is 5.35. The van der Waals surface area contributed by atoms with Gasteiger partial charge in [0.15, 0.2) is 0 Å². The Balaban J connectivity index is 1.98. The molecule has 2 rings (SSSR count). The molecule has 0 aromatic carbocycles. The molecule has 0 aliphatic carbocycles. The van der Waals surface area contributed by atoms with Gasteiger partial charge in [0, 0.05) is 29.1 Å². The Morgan fingerprint density at radius 2 is 2.25 bits per heavy atom. The fourth-order valence-corrected chi connectivity index (χ4v) is 2.72. The van der Waals surface area contributed by atoms with Gasteiger partial charge in [-0.2, -0.15) is 4.98 Å². The predicted octanol–water partition coefficient (Wildman–Crippen LogP) is 3.68. The summed E-state index contributed by atoms with van der Waals surface area (Å²) in [6, 6.07) is 6.38. The van der Waals surface area contributed by atoms with E-state index in [-0.39, 0.29) is 6.04 Å². The van der Waals surface area contributed by atoms with Gasteiger partial charge in [-0.1, -0.05) is 13.0 Å². The van der Waals surface area contributed by atoms with E-state index in [1.165, 1.54) is 4.88 Å². The Labute approximate surface area is 124 Å². The van der Waals surface area contributed by atoms with Crippen molar-refractivity contribution in [1.82, 2.24) is 9.97 Å². The fraction of sp³-hybridized carbons (Fsp3) is 0.467. The first-order chi connectivity index (χ1) is 9.67. The van der Waals surface area contributed by atoms with Gasteiger partial charge in [-0.05, 0) is 31.7 Å². The van der Waals surface area contributed by atoms with Crippen molar-refractivity contribution in [2.75, 3.05) is 11.9 Å². The van der Waals surface area contributed by atoms with Crippen LogP contribution in [0.4, 0.5) is 5.95 Å². The van der Waals surface area contributed by atoms with Crippen molar-refractivity contribution in [2.24, 2.45) is 0 Å². The molecular weight excluding hydrogens is 270 g/mol. The van der Waals surface area contributed by atoms with Crippen LogP contribution in [0.1, 0.15) is 30.8 Å². The van der Waals surface area contributed by atoms with Crippen LogP contribution in [0.2, 0.25) is 0 Å². The molecule has 20 heavy (non-hydrogen) atoms. The Hall–Kier alpha value is -1.62. The van der Waals surface area contributed by atoms with E-state index in [1.54, 1.807) is 11.3 Å². The molecular formula is C15H21N3OS. The normalized spacial score (nSPS) is 12.2. The molecule has 0 radical (unpaired) electrons. The van der Waals surface area contributed by atoms with E-state index < -0.39 is 0 Å². The van der Waals surface area contributed by atoms with Gasteiger partial charge in [0.05, 0.1) is 6.61 Å². The Morgan fingerprint density at radius 1 is 1.40 bits per heavy atom. The highest BCUT2D eigenvalue weighted by atomic mass is 32.1. The molecule has 1 atom stereocenters. The van der Waals surface area contributed by atoms with Crippen molar-refractivity contribution < 1.29 is 4.74 Å². The highest BCUT2D eigenvalue weighted by Crippen LogP contribution is 2.16. The zero-order valence-electron chi connectivity index (χ0n) is 12.2. The second-order valence-electron chi connectivity index (χ2n) is 4.85. The third-order valence-corrected chi connectivity index (χ3v) is 3.65. The topological polar surface area (TPSA) is 47.0 Å². The highest BCUT2D eigenvalue weighted by molar-refractivity contribution is 7.09. The van der Waals surface area contributed by atoms with E-state index in [9.17, 15) is 0 Å². The number of thiophene rings is 1. The molecule has 2 heterocycles. The number of rotatable bonds is 7. The number of nitrogens with one attached hydrogen (secondary N) is 1. The molecule has 5 heteroatoms. The number of anilines is 1. The van der Waals surface area contributed by atoms with Crippen LogP contribution in [0.3, 0.4) is 0 Å². The van der Waals surface area contributed by atoms with Gasteiger partial charge in [0.25, 0.3) is 0 Å². The van der Waals surface area contributed by atoms with E-state index in [2.05, 4.69) is 46.6 Å². The smallest absolute Gasteiger partial charge is 0.226 e. The largest absolute Gasteiger partial charge is 0.478 e. The summed E-state index contributed by atoms with van der Waals surface area (Å²) in [6.45, 7) is 6.85. The van der Waals surface area contributed by atoms with Crippen LogP contribution in [0.25, 0.3) is 0 Å². The molecule has 108 valence electrons. The highest BCUT2D eigenvalue weighted by Gasteiger charge is 2.08. The summed E-state index contributed by atoms with van der Waals surface area (Å²) in [5, 5.41) is 5.44. The summed E-state index contributed by atoms with van der Waals surface area (Å²) in [5.74, 6) is 1.28. The minimum atomic E-state index is 0.287. The van der Waals surface area contributed by atoms with Crippen LogP contribution < -0.4 is 10.1 Å². The molecule has 2 aromatic rings. The van der Waals surface area contributed by atoms with Gasteiger partial charge in [-0.25, -0.2) is 4.98 Å². The van der Waals surface area contributed by atoms with Gasteiger partial charge in [-0.15, -0.1) is 11.3 Å². The zero-order valence-corrected chi connectivity index (χ0v) is 13.0. The maximum atomic E-state index is 5.58. The van der Waals surface area contributed by atoms with Crippen molar-refractivity contribution >= 4 is 17.3 Å². The predicted molar refractivity (Wildman–Crippen MR) is 83.7 cm³/mol. The quantitative estimate of drug-likeness (QED) is 0.845. The van der Waals surface area contributed by atoms with Crippen molar-refractivity contribution in [3.05, 3.63) is 34.2 Å². The molecule has 0 aliphatic rings. The first-order valence-electron chi connectivity index (χ1n) is 6.94. The fourth-order valence-electron chi connectivity index (χ4n) is 1.89. The van der Waals surface area contributed by atoms with Gasteiger partial charge >= 0.3 is 0 Å². The summed E-state index contributed by atoms with van der Waals surface area (Å²) in [5.41, 5.74) is 0.914. The van der Waals surface area contributed by atoms with Crippen LogP contribution >= 0.6 is 11.3 Å². The lowest BCUT2D eigenvalue weighted by Crippen LogP contribution is -2.19. The molecule has 0 fully saturated rings. The van der Waals surface area contributed by atoms with E-state index in [0.29, 0.717) is 18.4 Å². The second kappa shape index (κ2) is 7.24. The summed E-state index contributed by atoms with van der Waals surface area (Å²) in [4.78, 5) is 10.2. The molecule has 0 saturated heterocycles. The van der Waals surface area contributed by atoms with E-state index in [1.807, 2.05) is 13.0 Å². The van der Waals surface area contributed by atoms with Crippen molar-refractivity contribution in [3.63, 3.8) is 0 Å². The van der Waals surface area contributed by atoms with Crippen LogP contribution in [-0.4, -0.2) is 22.6 Å². The van der Waals surface area contributed by atoms with Gasteiger partial charge in [-0.3, -0.25) is 0 Å². The molecule has 1 N–H and O–H groups in total. The van der Waals surface area contributed by atoms with E-state index in [4.69, 9.17) is 4.74 Å².